The van der Waals surface area contributed by atoms with Crippen LogP contribution in [0.3, 0.4) is 0 Å². The number of hydrogen-bond donors (Lipinski definition) is 1. The molecular formula is C17H36N2. The van der Waals surface area contributed by atoms with Crippen LogP contribution in [-0.2, 0) is 0 Å². The van der Waals surface area contributed by atoms with Crippen LogP contribution >= 0.6 is 0 Å². The van der Waals surface area contributed by atoms with Crippen LogP contribution in [0.5, 0.6) is 0 Å². The summed E-state index contributed by atoms with van der Waals surface area (Å²) in [5.41, 5.74) is 0. The van der Waals surface area contributed by atoms with E-state index in [9.17, 15) is 0 Å². The predicted molar refractivity (Wildman–Crippen MR) is 85.6 cm³/mol. The molecule has 19 heavy (non-hydrogen) atoms. The van der Waals surface area contributed by atoms with Gasteiger partial charge in [-0.25, -0.2) is 0 Å². The predicted octanol–water partition coefficient (Wildman–Crippen LogP) is 3.91. The highest BCUT2D eigenvalue weighted by Gasteiger charge is 2.33. The molecule has 114 valence electrons. The summed E-state index contributed by atoms with van der Waals surface area (Å²) in [7, 11) is 0. The molecule has 1 N–H and O–H groups in total. The first-order chi connectivity index (χ1) is 8.97. The van der Waals surface area contributed by atoms with Gasteiger partial charge in [0.05, 0.1) is 0 Å². The Morgan fingerprint density at radius 1 is 1.16 bits per heavy atom. The maximum absolute atomic E-state index is 3.73. The molecule has 0 aliphatic carbocycles. The van der Waals surface area contributed by atoms with Gasteiger partial charge in [-0.1, -0.05) is 27.7 Å². The van der Waals surface area contributed by atoms with Gasteiger partial charge in [-0.2, -0.15) is 0 Å². The molecule has 1 aliphatic rings. The summed E-state index contributed by atoms with van der Waals surface area (Å²) in [6.45, 7) is 16.6. The Bertz CT molecular complexity index is 239. The van der Waals surface area contributed by atoms with Gasteiger partial charge in [0, 0.05) is 24.7 Å². The van der Waals surface area contributed by atoms with E-state index in [1.807, 2.05) is 0 Å². The van der Waals surface area contributed by atoms with Gasteiger partial charge >= 0.3 is 0 Å². The summed E-state index contributed by atoms with van der Waals surface area (Å²) in [6, 6.07) is 2.18. The summed E-state index contributed by atoms with van der Waals surface area (Å²) in [4.78, 5) is 2.75. The number of piperidine rings is 1. The van der Waals surface area contributed by atoms with Crippen molar-refractivity contribution in [2.45, 2.75) is 85.4 Å². The van der Waals surface area contributed by atoms with Gasteiger partial charge in [-0.05, 0) is 57.9 Å². The minimum atomic E-state index is 0.713. The average Bonchev–Trinajstić information content (AvgIpc) is 2.37. The van der Waals surface area contributed by atoms with Crippen LogP contribution in [0.25, 0.3) is 0 Å². The topological polar surface area (TPSA) is 15.3 Å². The molecule has 0 radical (unpaired) electrons. The second-order valence-electron chi connectivity index (χ2n) is 7.01. The number of hydrogen-bond acceptors (Lipinski definition) is 2. The third-order valence-electron chi connectivity index (χ3n) is 5.00. The lowest BCUT2D eigenvalue weighted by Gasteiger charge is -2.46. The molecule has 4 atom stereocenters. The molecule has 2 heteroatoms. The zero-order chi connectivity index (χ0) is 14.4. The first kappa shape index (κ1) is 17.0. The van der Waals surface area contributed by atoms with Gasteiger partial charge in [-0.3, -0.25) is 4.90 Å². The number of nitrogens with one attached hydrogen (secondary N) is 1. The van der Waals surface area contributed by atoms with Crippen molar-refractivity contribution < 1.29 is 0 Å². The van der Waals surface area contributed by atoms with Crippen molar-refractivity contribution in [3.63, 3.8) is 0 Å². The zero-order valence-electron chi connectivity index (χ0n) is 14.1. The normalized spacial score (nSPS) is 30.8. The Balaban J connectivity index is 2.46. The highest BCUT2D eigenvalue weighted by molar-refractivity contribution is 4.90. The molecule has 4 unspecified atom stereocenters. The number of likely N-dealkylation sites (tertiary alicyclic amines) is 1. The van der Waals surface area contributed by atoms with Gasteiger partial charge in [0.1, 0.15) is 0 Å². The maximum Gasteiger partial charge on any atom is 0.0120 e. The van der Waals surface area contributed by atoms with Crippen LogP contribution in [0, 0.1) is 11.8 Å². The molecule has 1 heterocycles. The smallest absolute Gasteiger partial charge is 0.0120 e. The van der Waals surface area contributed by atoms with Crippen molar-refractivity contribution in [2.24, 2.45) is 11.8 Å². The van der Waals surface area contributed by atoms with E-state index in [-0.39, 0.29) is 0 Å². The SMILES string of the molecule is CCCNC1CCN(C(C)CCC(C)C)C(C)C1C. The third kappa shape index (κ3) is 5.07. The Morgan fingerprint density at radius 3 is 2.42 bits per heavy atom. The molecular weight excluding hydrogens is 232 g/mol. The molecule has 0 aromatic rings. The largest absolute Gasteiger partial charge is 0.314 e. The molecule has 1 aliphatic heterocycles. The van der Waals surface area contributed by atoms with Crippen LogP contribution in [0.2, 0.25) is 0 Å². The van der Waals surface area contributed by atoms with Crippen molar-refractivity contribution in [3.05, 3.63) is 0 Å². The van der Waals surface area contributed by atoms with E-state index in [1.54, 1.807) is 0 Å². The number of nitrogens with zero attached hydrogens (tertiary/aromatic N) is 1. The van der Waals surface area contributed by atoms with Crippen molar-refractivity contribution >= 4 is 0 Å². The molecule has 1 rings (SSSR count). The lowest BCUT2D eigenvalue weighted by molar-refractivity contribution is 0.0480. The quantitative estimate of drug-likeness (QED) is 0.753. The minimum Gasteiger partial charge on any atom is -0.314 e. The lowest BCUT2D eigenvalue weighted by atomic mass is 9.85. The van der Waals surface area contributed by atoms with Crippen LogP contribution in [0.4, 0.5) is 0 Å². The van der Waals surface area contributed by atoms with Crippen LogP contribution < -0.4 is 5.32 Å². The summed E-state index contributed by atoms with van der Waals surface area (Å²) in [6.07, 6.45) is 5.27. The molecule has 0 amide bonds. The van der Waals surface area contributed by atoms with E-state index in [0.29, 0.717) is 6.04 Å². The molecule has 0 aromatic heterocycles. The molecule has 0 spiro atoms. The summed E-state index contributed by atoms with van der Waals surface area (Å²) >= 11 is 0. The Hall–Kier alpha value is -0.0800. The van der Waals surface area contributed by atoms with Crippen molar-refractivity contribution in [1.82, 2.24) is 10.2 Å². The Kier molecular flexibility index (Phi) is 7.38. The van der Waals surface area contributed by atoms with Crippen LogP contribution in [0.15, 0.2) is 0 Å². The number of rotatable bonds is 7. The van der Waals surface area contributed by atoms with Crippen LogP contribution in [0.1, 0.15) is 67.2 Å². The minimum absolute atomic E-state index is 0.713. The first-order valence-corrected chi connectivity index (χ1v) is 8.46. The average molecular weight is 268 g/mol. The van der Waals surface area contributed by atoms with Gasteiger partial charge in [0.15, 0.2) is 0 Å². The monoisotopic (exact) mass is 268 g/mol. The maximum atomic E-state index is 3.73. The first-order valence-electron chi connectivity index (χ1n) is 8.46. The van der Waals surface area contributed by atoms with Gasteiger partial charge in [0.25, 0.3) is 0 Å². The van der Waals surface area contributed by atoms with Crippen molar-refractivity contribution in [1.29, 1.82) is 0 Å². The lowest BCUT2D eigenvalue weighted by Crippen LogP contribution is -2.55. The van der Waals surface area contributed by atoms with Crippen molar-refractivity contribution in [2.75, 3.05) is 13.1 Å². The van der Waals surface area contributed by atoms with E-state index in [4.69, 9.17) is 0 Å². The van der Waals surface area contributed by atoms with E-state index in [1.165, 1.54) is 38.8 Å². The summed E-state index contributed by atoms with van der Waals surface area (Å²) in [5.74, 6) is 1.60. The van der Waals surface area contributed by atoms with Gasteiger partial charge in [0.2, 0.25) is 0 Å². The van der Waals surface area contributed by atoms with Crippen molar-refractivity contribution in [3.8, 4) is 0 Å². The Morgan fingerprint density at radius 2 is 1.84 bits per heavy atom. The van der Waals surface area contributed by atoms with E-state index >= 15 is 0 Å². The van der Waals surface area contributed by atoms with Crippen LogP contribution in [-0.4, -0.2) is 36.1 Å². The van der Waals surface area contributed by atoms with Gasteiger partial charge in [-0.15, -0.1) is 0 Å². The Labute approximate surface area is 121 Å². The molecule has 1 fully saturated rings. The summed E-state index contributed by atoms with van der Waals surface area (Å²) < 4.78 is 0. The fourth-order valence-electron chi connectivity index (χ4n) is 3.37. The highest BCUT2D eigenvalue weighted by Crippen LogP contribution is 2.27. The second kappa shape index (κ2) is 8.26. The third-order valence-corrected chi connectivity index (χ3v) is 5.00. The van der Waals surface area contributed by atoms with Gasteiger partial charge < -0.3 is 5.32 Å². The van der Waals surface area contributed by atoms with E-state index in [2.05, 4.69) is 51.8 Å². The molecule has 1 saturated heterocycles. The highest BCUT2D eigenvalue weighted by atomic mass is 15.2. The van der Waals surface area contributed by atoms with E-state index < -0.39 is 0 Å². The zero-order valence-corrected chi connectivity index (χ0v) is 14.1. The standard InChI is InChI=1S/C17H36N2/c1-7-11-18-17-10-12-19(16(6)15(17)5)14(4)9-8-13(2)3/h13-18H,7-12H2,1-6H3. The second-order valence-corrected chi connectivity index (χ2v) is 7.01. The fraction of sp³-hybridized carbons (Fsp3) is 1.00. The molecule has 0 bridgehead atoms. The molecule has 2 nitrogen and oxygen atoms in total. The summed E-state index contributed by atoms with van der Waals surface area (Å²) in [5, 5.41) is 3.73. The molecule has 0 aromatic carbocycles. The molecule has 0 saturated carbocycles. The van der Waals surface area contributed by atoms with E-state index in [0.717, 1.165) is 23.9 Å². The fourth-order valence-corrected chi connectivity index (χ4v) is 3.37.